The summed E-state index contributed by atoms with van der Waals surface area (Å²) in [6.45, 7) is 0.173. The van der Waals surface area contributed by atoms with E-state index in [-0.39, 0.29) is 24.3 Å². The molecule has 37 heavy (non-hydrogen) atoms. The van der Waals surface area contributed by atoms with Crippen molar-refractivity contribution in [2.45, 2.75) is 31.0 Å². The smallest absolute Gasteiger partial charge is 0.365 e. The minimum absolute atomic E-state index is 0.166. The van der Waals surface area contributed by atoms with E-state index in [1.54, 1.807) is 30.3 Å². The van der Waals surface area contributed by atoms with Crippen molar-refractivity contribution in [2.75, 3.05) is 0 Å². The van der Waals surface area contributed by atoms with Crippen molar-refractivity contribution in [3.05, 3.63) is 136 Å². The van der Waals surface area contributed by atoms with Crippen LogP contribution in [-0.2, 0) is 24.7 Å². The average molecular weight is 530 g/mol. The summed E-state index contributed by atoms with van der Waals surface area (Å²) >= 11 is 6.07. The van der Waals surface area contributed by atoms with Gasteiger partial charge in [-0.3, -0.25) is 15.6 Å². The Bertz CT molecular complexity index is 1300. The molecule has 4 nitrogen and oxygen atoms in total. The number of nitrogens with zero attached hydrogens (tertiary/aromatic N) is 1. The van der Waals surface area contributed by atoms with Crippen molar-refractivity contribution < 1.29 is 22.7 Å². The summed E-state index contributed by atoms with van der Waals surface area (Å²) in [7, 11) is 0. The number of rotatable bonds is 9. The molecule has 3 N–H and O–H groups in total. The molecule has 2 atom stereocenters. The molecular formula is C28H24ClF4N3O. The molecule has 0 aliphatic heterocycles. The number of pyridine rings is 1. The van der Waals surface area contributed by atoms with Crippen LogP contribution in [0.2, 0.25) is 5.02 Å². The molecule has 9 heteroatoms. The van der Waals surface area contributed by atoms with Gasteiger partial charge in [-0.1, -0.05) is 66.2 Å². The van der Waals surface area contributed by atoms with E-state index >= 15 is 0 Å². The second-order valence-electron chi connectivity index (χ2n) is 8.56. The monoisotopic (exact) mass is 529 g/mol. The van der Waals surface area contributed by atoms with E-state index in [2.05, 4.69) is 15.6 Å². The molecule has 0 fully saturated rings. The normalized spacial score (nSPS) is 14.2. The standard InChI is InChI=1S/C28H24ClF4N3O/c29-23-11-14-25(34-18-23)27(16-19-5-2-1-3-6-19,21-7-4-8-22(15-21)28(31,32)33)36-26(37)35-17-20-9-12-24(30)13-10-20/h1-15,18,26,35-37H,16-17H2/t26-,27?/m1/s1. The van der Waals surface area contributed by atoms with E-state index < -0.39 is 23.6 Å². The van der Waals surface area contributed by atoms with Gasteiger partial charge in [-0.2, -0.15) is 13.2 Å². The Kier molecular flexibility index (Phi) is 8.24. The van der Waals surface area contributed by atoms with Gasteiger partial charge in [-0.15, -0.1) is 0 Å². The number of aromatic nitrogens is 1. The van der Waals surface area contributed by atoms with Crippen LogP contribution in [0.25, 0.3) is 0 Å². The lowest BCUT2D eigenvalue weighted by atomic mass is 9.80. The molecule has 3 aromatic carbocycles. The first-order valence-electron chi connectivity index (χ1n) is 11.4. The van der Waals surface area contributed by atoms with E-state index in [0.29, 0.717) is 16.3 Å². The van der Waals surface area contributed by atoms with Gasteiger partial charge in [0.2, 0.25) is 0 Å². The highest BCUT2D eigenvalue weighted by Gasteiger charge is 2.40. The van der Waals surface area contributed by atoms with Crippen molar-refractivity contribution in [2.24, 2.45) is 0 Å². The third-order valence-electron chi connectivity index (χ3n) is 5.96. The Morgan fingerprint density at radius 2 is 1.54 bits per heavy atom. The third kappa shape index (κ3) is 6.72. The first kappa shape index (κ1) is 26.8. The second-order valence-corrected chi connectivity index (χ2v) is 9.00. The van der Waals surface area contributed by atoms with Crippen LogP contribution in [0.1, 0.15) is 27.9 Å². The number of hydrogen-bond acceptors (Lipinski definition) is 4. The zero-order valence-electron chi connectivity index (χ0n) is 19.5. The number of benzene rings is 3. The van der Waals surface area contributed by atoms with Gasteiger partial charge in [0.15, 0.2) is 6.35 Å². The van der Waals surface area contributed by atoms with Crippen LogP contribution in [0.4, 0.5) is 17.6 Å². The minimum Gasteiger partial charge on any atom is -0.365 e. The molecule has 1 unspecified atom stereocenters. The van der Waals surface area contributed by atoms with Crippen molar-refractivity contribution in [1.82, 2.24) is 15.6 Å². The van der Waals surface area contributed by atoms with Gasteiger partial charge < -0.3 is 5.11 Å². The summed E-state index contributed by atoms with van der Waals surface area (Å²) in [6.07, 6.45) is -4.37. The summed E-state index contributed by atoms with van der Waals surface area (Å²) in [4.78, 5) is 4.44. The molecule has 4 rings (SSSR count). The van der Waals surface area contributed by atoms with Crippen molar-refractivity contribution in [3.8, 4) is 0 Å². The van der Waals surface area contributed by atoms with Crippen molar-refractivity contribution in [1.29, 1.82) is 0 Å². The number of nitrogens with one attached hydrogen (secondary N) is 2. The molecule has 0 aliphatic carbocycles. The van der Waals surface area contributed by atoms with E-state index in [4.69, 9.17) is 11.6 Å². The quantitative estimate of drug-likeness (QED) is 0.183. The SMILES string of the molecule is O[C@H](NCc1ccc(F)cc1)NC(Cc1ccccc1)(c1cccc(C(F)(F)F)c1)c1ccc(Cl)cn1. The summed E-state index contributed by atoms with van der Waals surface area (Å²) in [5.74, 6) is -0.386. The van der Waals surface area contributed by atoms with Gasteiger partial charge in [-0.25, -0.2) is 4.39 Å². The van der Waals surface area contributed by atoms with E-state index in [1.807, 2.05) is 30.3 Å². The summed E-state index contributed by atoms with van der Waals surface area (Å²) in [6, 6.07) is 23.1. The number of aliphatic hydroxyl groups is 1. The number of aliphatic hydroxyl groups excluding tert-OH is 1. The van der Waals surface area contributed by atoms with Crippen LogP contribution in [0.5, 0.6) is 0 Å². The Balaban J connectivity index is 1.78. The Labute approximate surface area is 217 Å². The topological polar surface area (TPSA) is 57.2 Å². The zero-order valence-corrected chi connectivity index (χ0v) is 20.3. The fraction of sp³-hybridized carbons (Fsp3) is 0.179. The van der Waals surface area contributed by atoms with Crippen LogP contribution in [-0.4, -0.2) is 16.4 Å². The molecule has 1 heterocycles. The van der Waals surface area contributed by atoms with E-state index in [0.717, 1.165) is 17.7 Å². The maximum Gasteiger partial charge on any atom is 0.416 e. The molecule has 192 valence electrons. The second kappa shape index (κ2) is 11.4. The molecule has 0 saturated carbocycles. The zero-order chi connectivity index (χ0) is 26.5. The highest BCUT2D eigenvalue weighted by atomic mass is 35.5. The number of hydrogen-bond donors (Lipinski definition) is 3. The van der Waals surface area contributed by atoms with Gasteiger partial charge in [0.1, 0.15) is 5.82 Å². The first-order valence-corrected chi connectivity index (χ1v) is 11.8. The van der Waals surface area contributed by atoms with Gasteiger partial charge in [0.05, 0.1) is 21.8 Å². The maximum absolute atomic E-state index is 13.7. The van der Waals surface area contributed by atoms with Crippen LogP contribution in [0, 0.1) is 5.82 Å². The molecule has 0 saturated heterocycles. The van der Waals surface area contributed by atoms with E-state index in [1.165, 1.54) is 24.4 Å². The predicted molar refractivity (Wildman–Crippen MR) is 134 cm³/mol. The summed E-state index contributed by atoms with van der Waals surface area (Å²) in [5.41, 5.74) is -0.0876. The lowest BCUT2D eigenvalue weighted by Gasteiger charge is -2.38. The minimum atomic E-state index is -4.57. The van der Waals surface area contributed by atoms with Gasteiger partial charge in [-0.05, 0) is 53.1 Å². The fourth-order valence-electron chi connectivity index (χ4n) is 4.14. The molecule has 0 spiro atoms. The van der Waals surface area contributed by atoms with Crippen LogP contribution < -0.4 is 10.6 Å². The highest BCUT2D eigenvalue weighted by molar-refractivity contribution is 6.30. The maximum atomic E-state index is 13.7. The molecule has 0 bridgehead atoms. The molecule has 4 aromatic rings. The molecule has 0 aliphatic rings. The van der Waals surface area contributed by atoms with Crippen LogP contribution >= 0.6 is 11.6 Å². The van der Waals surface area contributed by atoms with Crippen LogP contribution in [0.15, 0.2) is 97.2 Å². The largest absolute Gasteiger partial charge is 0.416 e. The lowest BCUT2D eigenvalue weighted by molar-refractivity contribution is -0.137. The van der Waals surface area contributed by atoms with E-state index in [9.17, 15) is 22.7 Å². The Morgan fingerprint density at radius 3 is 2.19 bits per heavy atom. The number of halogens is 5. The first-order chi connectivity index (χ1) is 17.7. The molecule has 0 radical (unpaired) electrons. The van der Waals surface area contributed by atoms with Gasteiger partial charge >= 0.3 is 6.18 Å². The summed E-state index contributed by atoms with van der Waals surface area (Å²) < 4.78 is 54.3. The molecule has 1 aromatic heterocycles. The summed E-state index contributed by atoms with van der Waals surface area (Å²) in [5, 5.41) is 17.4. The average Bonchev–Trinajstić information content (AvgIpc) is 2.88. The Hall–Kier alpha value is -3.30. The van der Waals surface area contributed by atoms with Crippen LogP contribution in [0.3, 0.4) is 0 Å². The molecule has 0 amide bonds. The van der Waals surface area contributed by atoms with Gasteiger partial charge in [0, 0.05) is 19.2 Å². The fourth-order valence-corrected chi connectivity index (χ4v) is 4.25. The number of alkyl halides is 3. The van der Waals surface area contributed by atoms with Crippen molar-refractivity contribution in [3.63, 3.8) is 0 Å². The Morgan fingerprint density at radius 1 is 0.838 bits per heavy atom. The highest BCUT2D eigenvalue weighted by Crippen LogP contribution is 2.37. The predicted octanol–water partition coefficient (Wildman–Crippen LogP) is 6.03. The molecular weight excluding hydrogens is 506 g/mol. The van der Waals surface area contributed by atoms with Gasteiger partial charge in [0.25, 0.3) is 0 Å². The third-order valence-corrected chi connectivity index (χ3v) is 6.18. The van der Waals surface area contributed by atoms with Crippen molar-refractivity contribution >= 4 is 11.6 Å². The lowest BCUT2D eigenvalue weighted by Crippen LogP contribution is -2.55.